The molecule has 2 fully saturated rings. The fourth-order valence-corrected chi connectivity index (χ4v) is 4.10. The van der Waals surface area contributed by atoms with Crippen LogP contribution in [0.2, 0.25) is 0 Å². The maximum Gasteiger partial charge on any atom is 0.297 e. The molecule has 0 aliphatic heterocycles. The van der Waals surface area contributed by atoms with Crippen molar-refractivity contribution in [2.45, 2.75) is 49.6 Å². The van der Waals surface area contributed by atoms with Crippen molar-refractivity contribution in [2.75, 3.05) is 0 Å². The van der Waals surface area contributed by atoms with Crippen molar-refractivity contribution >= 4 is 34.8 Å². The van der Waals surface area contributed by atoms with Crippen LogP contribution in [-0.4, -0.2) is 9.58 Å². The van der Waals surface area contributed by atoms with Gasteiger partial charge in [0.1, 0.15) is 0 Å². The van der Waals surface area contributed by atoms with E-state index in [9.17, 15) is 0 Å². The molecule has 0 spiro atoms. The van der Waals surface area contributed by atoms with Crippen LogP contribution in [0.25, 0.3) is 0 Å². The van der Waals surface area contributed by atoms with Gasteiger partial charge in [-0.3, -0.25) is 0 Å². The van der Waals surface area contributed by atoms with E-state index in [1.54, 1.807) is 0 Å². The Bertz CT molecular complexity index is 275. The van der Waals surface area contributed by atoms with Gasteiger partial charge in [-0.2, -0.15) is 0 Å². The molecule has 2 aliphatic rings. The van der Waals surface area contributed by atoms with Crippen molar-refractivity contribution in [1.29, 1.82) is 0 Å². The number of hydrogen-bond donors (Lipinski definition) is 0. The number of ether oxygens (including phenoxy) is 1. The largest absolute Gasteiger partial charge is 0.327 e. The Morgan fingerprint density at radius 2 is 1.87 bits per heavy atom. The first-order valence-electron chi connectivity index (χ1n) is 5.45. The van der Waals surface area contributed by atoms with Crippen molar-refractivity contribution in [1.82, 2.24) is 0 Å². The number of halogens is 3. The fraction of sp³-hybridized carbons (Fsp3) is 1.00. The van der Waals surface area contributed by atoms with E-state index in [0.717, 1.165) is 5.92 Å². The molecular weight excluding hydrogens is 254 g/mol. The third-order valence-corrected chi connectivity index (χ3v) is 5.11. The average molecular weight is 272 g/mol. The Balaban J connectivity index is 2.27. The Morgan fingerprint density at radius 1 is 1.27 bits per heavy atom. The summed E-state index contributed by atoms with van der Waals surface area (Å²) in [4.78, 5) is 0. The summed E-state index contributed by atoms with van der Waals surface area (Å²) < 4.78 is 4.13. The minimum atomic E-state index is -1.60. The van der Waals surface area contributed by atoms with Gasteiger partial charge in [-0.25, -0.2) is 0 Å². The summed E-state index contributed by atoms with van der Waals surface area (Å²) >= 11 is 17.3. The summed E-state index contributed by atoms with van der Waals surface area (Å²) in [7, 11) is 0. The van der Waals surface area contributed by atoms with Crippen LogP contribution in [-0.2, 0) is 4.74 Å². The standard InChI is InChI=1S/C11H17Cl3O/c1-7-8-4-5-9(2,6-8)10(7,3)15-11(12,13)14/h7-8H,4-6H2,1-3H3. The summed E-state index contributed by atoms with van der Waals surface area (Å²) in [5, 5.41) is 0. The molecule has 0 amide bonds. The SMILES string of the molecule is CC1C2CCC(C)(C2)C1(C)OC(Cl)(Cl)Cl. The van der Waals surface area contributed by atoms with Crippen molar-refractivity contribution in [3.8, 4) is 0 Å². The third-order valence-electron chi connectivity index (χ3n) is 4.88. The zero-order valence-electron chi connectivity index (χ0n) is 9.32. The van der Waals surface area contributed by atoms with Crippen molar-refractivity contribution in [3.05, 3.63) is 0 Å². The summed E-state index contributed by atoms with van der Waals surface area (Å²) in [6, 6.07) is 0. The molecule has 15 heavy (non-hydrogen) atoms. The average Bonchev–Trinajstić information content (AvgIpc) is 2.49. The maximum absolute atomic E-state index is 5.78. The van der Waals surface area contributed by atoms with E-state index in [1.165, 1.54) is 19.3 Å². The second-order valence-electron chi connectivity index (χ2n) is 5.51. The van der Waals surface area contributed by atoms with Crippen LogP contribution in [0.15, 0.2) is 0 Å². The first-order valence-corrected chi connectivity index (χ1v) is 6.58. The first-order chi connectivity index (χ1) is 6.68. The summed E-state index contributed by atoms with van der Waals surface area (Å²) in [5.74, 6) is 1.19. The lowest BCUT2D eigenvalue weighted by Gasteiger charge is -2.47. The van der Waals surface area contributed by atoms with Crippen LogP contribution in [0.1, 0.15) is 40.0 Å². The zero-order valence-corrected chi connectivity index (χ0v) is 11.6. The molecule has 0 aromatic carbocycles. The molecule has 4 unspecified atom stereocenters. The summed E-state index contributed by atoms with van der Waals surface area (Å²) in [6.45, 7) is 6.57. The number of fused-ring (bicyclic) bond motifs is 2. The highest BCUT2D eigenvalue weighted by molar-refractivity contribution is 6.66. The van der Waals surface area contributed by atoms with Crippen LogP contribution >= 0.6 is 34.8 Å². The van der Waals surface area contributed by atoms with Crippen molar-refractivity contribution in [2.24, 2.45) is 17.3 Å². The van der Waals surface area contributed by atoms with Gasteiger partial charge in [0, 0.05) is 0 Å². The lowest BCUT2D eigenvalue weighted by atomic mass is 9.69. The van der Waals surface area contributed by atoms with Crippen LogP contribution in [0, 0.1) is 17.3 Å². The van der Waals surface area contributed by atoms with E-state index in [2.05, 4.69) is 20.8 Å². The molecule has 0 aromatic heterocycles. The highest BCUT2D eigenvalue weighted by Crippen LogP contribution is 2.65. The molecular formula is C11H17Cl3O. The Labute approximate surface area is 106 Å². The second kappa shape index (κ2) is 3.41. The summed E-state index contributed by atoms with van der Waals surface area (Å²) in [6.07, 6.45) is 3.67. The Hall–Kier alpha value is 0.830. The molecule has 2 saturated carbocycles. The van der Waals surface area contributed by atoms with Gasteiger partial charge in [0.2, 0.25) is 0 Å². The van der Waals surface area contributed by atoms with Gasteiger partial charge < -0.3 is 4.74 Å². The Kier molecular flexibility index (Phi) is 2.80. The van der Waals surface area contributed by atoms with E-state index >= 15 is 0 Å². The first kappa shape index (κ1) is 12.3. The van der Waals surface area contributed by atoms with Gasteiger partial charge in [0.05, 0.1) is 5.60 Å². The molecule has 0 radical (unpaired) electrons. The van der Waals surface area contributed by atoms with Crippen LogP contribution in [0.5, 0.6) is 0 Å². The molecule has 88 valence electrons. The third kappa shape index (κ3) is 1.80. The highest BCUT2D eigenvalue weighted by atomic mass is 35.6. The number of alkyl halides is 3. The van der Waals surface area contributed by atoms with E-state index in [0.29, 0.717) is 5.92 Å². The van der Waals surface area contributed by atoms with Gasteiger partial charge >= 0.3 is 0 Å². The highest BCUT2D eigenvalue weighted by Gasteiger charge is 2.63. The van der Waals surface area contributed by atoms with Gasteiger partial charge in [0.25, 0.3) is 3.98 Å². The molecule has 4 heteroatoms. The summed E-state index contributed by atoms with van der Waals surface area (Å²) in [5.41, 5.74) is -0.137. The lowest BCUT2D eigenvalue weighted by Crippen LogP contribution is -2.50. The fourth-order valence-electron chi connectivity index (χ4n) is 3.62. The molecule has 0 saturated heterocycles. The van der Waals surface area contributed by atoms with E-state index in [4.69, 9.17) is 39.5 Å². The minimum Gasteiger partial charge on any atom is -0.327 e. The quantitative estimate of drug-likeness (QED) is 0.636. The van der Waals surface area contributed by atoms with E-state index < -0.39 is 3.98 Å². The Morgan fingerprint density at radius 3 is 2.27 bits per heavy atom. The van der Waals surface area contributed by atoms with Crippen molar-refractivity contribution in [3.63, 3.8) is 0 Å². The molecule has 4 atom stereocenters. The van der Waals surface area contributed by atoms with Gasteiger partial charge in [-0.15, -0.1) is 0 Å². The van der Waals surface area contributed by atoms with Crippen LogP contribution in [0.4, 0.5) is 0 Å². The normalized spacial score (nSPS) is 50.0. The van der Waals surface area contributed by atoms with E-state index in [1.807, 2.05) is 0 Å². The number of rotatable bonds is 1. The van der Waals surface area contributed by atoms with E-state index in [-0.39, 0.29) is 11.0 Å². The van der Waals surface area contributed by atoms with Crippen LogP contribution < -0.4 is 0 Å². The van der Waals surface area contributed by atoms with Crippen molar-refractivity contribution < 1.29 is 4.74 Å². The van der Waals surface area contributed by atoms with Crippen LogP contribution in [0.3, 0.4) is 0 Å². The zero-order chi connectivity index (χ0) is 11.5. The maximum atomic E-state index is 5.78. The van der Waals surface area contributed by atoms with Gasteiger partial charge in [0.15, 0.2) is 0 Å². The number of hydrogen-bond acceptors (Lipinski definition) is 1. The topological polar surface area (TPSA) is 9.23 Å². The molecule has 0 heterocycles. The predicted octanol–water partition coefficient (Wildman–Crippen LogP) is 4.55. The molecule has 2 bridgehead atoms. The predicted molar refractivity (Wildman–Crippen MR) is 64.4 cm³/mol. The second-order valence-corrected chi connectivity index (χ2v) is 7.68. The molecule has 1 nitrogen and oxygen atoms in total. The molecule has 2 rings (SSSR count). The molecule has 2 aliphatic carbocycles. The lowest BCUT2D eigenvalue weighted by molar-refractivity contribution is -0.141. The molecule has 0 aromatic rings. The molecule has 0 N–H and O–H groups in total. The minimum absolute atomic E-state index is 0.168. The van der Waals surface area contributed by atoms with Gasteiger partial charge in [-0.1, -0.05) is 48.7 Å². The van der Waals surface area contributed by atoms with Gasteiger partial charge in [-0.05, 0) is 43.4 Å². The smallest absolute Gasteiger partial charge is 0.297 e. The monoisotopic (exact) mass is 270 g/mol.